The average molecular weight is 353 g/mol. The maximum absolute atomic E-state index is 3.54. The van der Waals surface area contributed by atoms with Crippen molar-refractivity contribution in [3.05, 3.63) is 70.5 Å². The van der Waals surface area contributed by atoms with Crippen LogP contribution in [-0.2, 0) is 0 Å². The van der Waals surface area contributed by atoms with Crippen LogP contribution >= 0.6 is 15.9 Å². The summed E-state index contributed by atoms with van der Waals surface area (Å²) >= 11 is 3.54. The number of nitrogens with one attached hydrogen (secondary N) is 2. The van der Waals surface area contributed by atoms with Crippen molar-refractivity contribution in [1.82, 2.24) is 9.97 Å². The van der Waals surface area contributed by atoms with Crippen LogP contribution in [0.2, 0.25) is 0 Å². The number of hydrogen-bond acceptors (Lipinski definition) is 0. The quantitative estimate of drug-likeness (QED) is 0.456. The molecular weight excluding hydrogens is 336 g/mol. The van der Waals surface area contributed by atoms with E-state index < -0.39 is 0 Å². The van der Waals surface area contributed by atoms with Crippen molar-refractivity contribution in [2.75, 3.05) is 0 Å². The maximum atomic E-state index is 3.54. The van der Waals surface area contributed by atoms with Gasteiger partial charge in [0.05, 0.1) is 0 Å². The Morgan fingerprint density at radius 2 is 1.59 bits per heavy atom. The van der Waals surface area contributed by atoms with Crippen LogP contribution in [0.15, 0.2) is 59.3 Å². The summed E-state index contributed by atoms with van der Waals surface area (Å²) in [5, 5.41) is 2.63. The molecule has 0 aliphatic rings. The van der Waals surface area contributed by atoms with E-state index in [1.54, 1.807) is 0 Å². The van der Waals surface area contributed by atoms with Crippen molar-refractivity contribution < 1.29 is 0 Å². The summed E-state index contributed by atoms with van der Waals surface area (Å²) in [6.07, 6.45) is 5.40. The van der Waals surface area contributed by atoms with Gasteiger partial charge >= 0.3 is 0 Å². The lowest BCUT2D eigenvalue weighted by atomic mass is 9.89. The number of aromatic nitrogens is 2. The fourth-order valence-corrected chi connectivity index (χ4v) is 3.76. The molecule has 1 unspecified atom stereocenters. The van der Waals surface area contributed by atoms with Crippen LogP contribution in [0.4, 0.5) is 0 Å². The van der Waals surface area contributed by atoms with E-state index in [1.807, 2.05) is 0 Å². The molecular formula is C19H17BrN2. The van der Waals surface area contributed by atoms with Crippen molar-refractivity contribution in [3.8, 4) is 0 Å². The summed E-state index contributed by atoms with van der Waals surface area (Å²) in [5.41, 5.74) is 5.14. The number of H-pyrrole nitrogens is 2. The summed E-state index contributed by atoms with van der Waals surface area (Å²) in [5.74, 6) is 0.395. The molecule has 22 heavy (non-hydrogen) atoms. The molecule has 3 heteroatoms. The van der Waals surface area contributed by atoms with Gasteiger partial charge in [-0.1, -0.05) is 47.1 Å². The lowest BCUT2D eigenvalue weighted by Crippen LogP contribution is -1.97. The second kappa shape index (κ2) is 5.33. The van der Waals surface area contributed by atoms with Gasteiger partial charge in [0.1, 0.15) is 0 Å². The summed E-state index contributed by atoms with van der Waals surface area (Å²) in [6, 6.07) is 15.0. The molecule has 0 bridgehead atoms. The summed E-state index contributed by atoms with van der Waals surface area (Å²) in [6.45, 7) is 2.25. The lowest BCUT2D eigenvalue weighted by Gasteiger charge is -2.14. The van der Waals surface area contributed by atoms with Gasteiger partial charge in [-0.15, -0.1) is 0 Å². The Morgan fingerprint density at radius 1 is 0.909 bits per heavy atom. The molecule has 2 heterocycles. The van der Waals surface area contributed by atoms with Crippen LogP contribution < -0.4 is 0 Å². The molecule has 4 rings (SSSR count). The standard InChI is InChI=1S/C19H17BrN2/c1-2-13(16-10-21-18-6-4-3-5-14(16)18)17-11-22-19-9-12(20)7-8-15(17)19/h3-11,13,21-22H,2H2,1H3. The number of rotatable bonds is 3. The fourth-order valence-electron chi connectivity index (χ4n) is 3.40. The van der Waals surface area contributed by atoms with Crippen LogP contribution in [0.3, 0.4) is 0 Å². The second-order valence-electron chi connectivity index (χ2n) is 5.68. The number of fused-ring (bicyclic) bond motifs is 2. The molecule has 2 nitrogen and oxygen atoms in total. The van der Waals surface area contributed by atoms with Gasteiger partial charge in [0.25, 0.3) is 0 Å². The third-order valence-electron chi connectivity index (χ3n) is 4.46. The Hall–Kier alpha value is -2.00. The maximum Gasteiger partial charge on any atom is 0.0468 e. The minimum Gasteiger partial charge on any atom is -0.361 e. The van der Waals surface area contributed by atoms with Crippen molar-refractivity contribution >= 4 is 37.7 Å². The van der Waals surface area contributed by atoms with E-state index in [2.05, 4.69) is 87.7 Å². The molecule has 4 aromatic rings. The zero-order chi connectivity index (χ0) is 15.1. The van der Waals surface area contributed by atoms with Crippen LogP contribution in [0.1, 0.15) is 30.4 Å². The molecule has 2 aromatic heterocycles. The highest BCUT2D eigenvalue weighted by atomic mass is 79.9. The topological polar surface area (TPSA) is 31.6 Å². The highest BCUT2D eigenvalue weighted by Gasteiger charge is 2.19. The monoisotopic (exact) mass is 352 g/mol. The zero-order valence-electron chi connectivity index (χ0n) is 12.4. The molecule has 0 spiro atoms. The van der Waals surface area contributed by atoms with Gasteiger partial charge in [0.2, 0.25) is 0 Å². The number of hydrogen-bond donors (Lipinski definition) is 2. The molecule has 2 aromatic carbocycles. The van der Waals surface area contributed by atoms with E-state index >= 15 is 0 Å². The highest BCUT2D eigenvalue weighted by Crippen LogP contribution is 2.37. The van der Waals surface area contributed by atoms with E-state index in [0.717, 1.165) is 10.9 Å². The number of halogens is 1. The molecule has 0 fully saturated rings. The lowest BCUT2D eigenvalue weighted by molar-refractivity contribution is 0.789. The Kier molecular flexibility index (Phi) is 3.30. The van der Waals surface area contributed by atoms with Gasteiger partial charge in [-0.3, -0.25) is 0 Å². The van der Waals surface area contributed by atoms with E-state index in [9.17, 15) is 0 Å². The molecule has 2 N–H and O–H groups in total. The number of para-hydroxylation sites is 1. The van der Waals surface area contributed by atoms with Gasteiger partial charge in [0, 0.05) is 44.6 Å². The Labute approximate surface area is 137 Å². The molecule has 0 saturated heterocycles. The highest BCUT2D eigenvalue weighted by molar-refractivity contribution is 9.10. The predicted octanol–water partition coefficient (Wildman–Crippen LogP) is 5.95. The minimum atomic E-state index is 0.395. The number of aromatic amines is 2. The summed E-state index contributed by atoms with van der Waals surface area (Å²) in [7, 11) is 0. The third kappa shape index (κ3) is 2.08. The SMILES string of the molecule is CCC(c1c[nH]c2ccccc12)c1c[nH]c2cc(Br)ccc12. The van der Waals surface area contributed by atoms with Gasteiger partial charge in [-0.2, -0.15) is 0 Å². The van der Waals surface area contributed by atoms with Crippen LogP contribution in [0, 0.1) is 0 Å². The van der Waals surface area contributed by atoms with E-state index in [4.69, 9.17) is 0 Å². The average Bonchev–Trinajstić information content (AvgIpc) is 3.13. The van der Waals surface area contributed by atoms with Crippen molar-refractivity contribution in [2.24, 2.45) is 0 Å². The first-order valence-electron chi connectivity index (χ1n) is 7.60. The molecule has 1 atom stereocenters. The third-order valence-corrected chi connectivity index (χ3v) is 4.95. The van der Waals surface area contributed by atoms with Crippen LogP contribution in [-0.4, -0.2) is 9.97 Å². The molecule has 0 saturated carbocycles. The molecule has 0 radical (unpaired) electrons. The Morgan fingerprint density at radius 3 is 2.36 bits per heavy atom. The Balaban J connectivity index is 1.90. The summed E-state index contributed by atoms with van der Waals surface area (Å²) in [4.78, 5) is 6.82. The van der Waals surface area contributed by atoms with E-state index in [1.165, 1.54) is 32.9 Å². The van der Waals surface area contributed by atoms with Crippen molar-refractivity contribution in [3.63, 3.8) is 0 Å². The first-order chi connectivity index (χ1) is 10.8. The first kappa shape index (κ1) is 13.6. The fraction of sp³-hybridized carbons (Fsp3) is 0.158. The van der Waals surface area contributed by atoms with Crippen LogP contribution in [0.25, 0.3) is 21.8 Å². The normalized spacial score (nSPS) is 13.0. The zero-order valence-corrected chi connectivity index (χ0v) is 13.9. The van der Waals surface area contributed by atoms with Gasteiger partial charge in [-0.05, 0) is 35.7 Å². The van der Waals surface area contributed by atoms with Crippen molar-refractivity contribution in [2.45, 2.75) is 19.3 Å². The van der Waals surface area contributed by atoms with Crippen molar-refractivity contribution in [1.29, 1.82) is 0 Å². The largest absolute Gasteiger partial charge is 0.361 e. The smallest absolute Gasteiger partial charge is 0.0468 e. The van der Waals surface area contributed by atoms with Gasteiger partial charge in [0.15, 0.2) is 0 Å². The molecule has 110 valence electrons. The second-order valence-corrected chi connectivity index (χ2v) is 6.60. The minimum absolute atomic E-state index is 0.395. The number of benzene rings is 2. The Bertz CT molecular complexity index is 948. The van der Waals surface area contributed by atoms with Crippen LogP contribution in [0.5, 0.6) is 0 Å². The van der Waals surface area contributed by atoms with E-state index in [0.29, 0.717) is 5.92 Å². The first-order valence-corrected chi connectivity index (χ1v) is 8.39. The molecule has 0 amide bonds. The van der Waals surface area contributed by atoms with Gasteiger partial charge < -0.3 is 9.97 Å². The molecule has 0 aliphatic heterocycles. The van der Waals surface area contributed by atoms with E-state index in [-0.39, 0.29) is 0 Å². The van der Waals surface area contributed by atoms with Gasteiger partial charge in [-0.25, -0.2) is 0 Å². The molecule has 0 aliphatic carbocycles. The predicted molar refractivity (Wildman–Crippen MR) is 96.4 cm³/mol. The summed E-state index contributed by atoms with van der Waals surface area (Å²) < 4.78 is 1.11.